The second-order valence-electron chi connectivity index (χ2n) is 4.07. The SMILES string of the molecule is CCc1ccccc1NS(=O)(=O)c1ccc(I)cc1. The summed E-state index contributed by atoms with van der Waals surface area (Å²) in [5, 5.41) is 0. The highest BCUT2D eigenvalue weighted by atomic mass is 127. The number of benzene rings is 2. The molecule has 2 aromatic rings. The summed E-state index contributed by atoms with van der Waals surface area (Å²) >= 11 is 2.14. The van der Waals surface area contributed by atoms with E-state index < -0.39 is 10.0 Å². The Kier molecular flexibility index (Phi) is 4.46. The molecule has 0 amide bonds. The van der Waals surface area contributed by atoms with Gasteiger partial charge in [0.1, 0.15) is 0 Å². The van der Waals surface area contributed by atoms with Gasteiger partial charge in [0.25, 0.3) is 10.0 Å². The van der Waals surface area contributed by atoms with E-state index in [1.165, 1.54) is 0 Å². The van der Waals surface area contributed by atoms with Crippen LogP contribution in [0.4, 0.5) is 5.69 Å². The number of sulfonamides is 1. The molecule has 0 heterocycles. The van der Waals surface area contributed by atoms with Crippen molar-refractivity contribution < 1.29 is 8.42 Å². The zero-order valence-corrected chi connectivity index (χ0v) is 13.4. The molecule has 0 bridgehead atoms. The lowest BCUT2D eigenvalue weighted by molar-refractivity contribution is 0.601. The van der Waals surface area contributed by atoms with E-state index in [2.05, 4.69) is 27.3 Å². The molecule has 3 nitrogen and oxygen atoms in total. The summed E-state index contributed by atoms with van der Waals surface area (Å²) in [5.74, 6) is 0. The Morgan fingerprint density at radius 3 is 2.32 bits per heavy atom. The Hall–Kier alpha value is -1.08. The van der Waals surface area contributed by atoms with Crippen molar-refractivity contribution in [3.8, 4) is 0 Å². The van der Waals surface area contributed by atoms with Gasteiger partial charge in [-0.25, -0.2) is 8.42 Å². The van der Waals surface area contributed by atoms with Gasteiger partial charge in [-0.3, -0.25) is 4.72 Å². The van der Waals surface area contributed by atoms with Crippen LogP contribution in [0.25, 0.3) is 0 Å². The molecule has 19 heavy (non-hydrogen) atoms. The molecule has 0 saturated heterocycles. The minimum Gasteiger partial charge on any atom is -0.279 e. The second kappa shape index (κ2) is 5.92. The highest BCUT2D eigenvalue weighted by Crippen LogP contribution is 2.20. The van der Waals surface area contributed by atoms with E-state index in [0.29, 0.717) is 5.69 Å². The molecule has 0 aliphatic heterocycles. The first-order valence-electron chi connectivity index (χ1n) is 5.89. The first-order chi connectivity index (χ1) is 9.03. The molecule has 0 atom stereocenters. The molecular weight excluding hydrogens is 373 g/mol. The third kappa shape index (κ3) is 3.48. The van der Waals surface area contributed by atoms with Gasteiger partial charge in [-0.05, 0) is 64.9 Å². The molecule has 0 unspecified atom stereocenters. The van der Waals surface area contributed by atoms with Gasteiger partial charge in [-0.1, -0.05) is 25.1 Å². The van der Waals surface area contributed by atoms with Gasteiger partial charge in [-0.15, -0.1) is 0 Å². The van der Waals surface area contributed by atoms with Gasteiger partial charge >= 0.3 is 0 Å². The van der Waals surface area contributed by atoms with E-state index in [1.54, 1.807) is 30.3 Å². The standard InChI is InChI=1S/C14H14INO2S/c1-2-11-5-3-4-6-14(11)16-19(17,18)13-9-7-12(15)8-10-13/h3-10,16H,2H2,1H3. The topological polar surface area (TPSA) is 46.2 Å². The fourth-order valence-corrected chi connectivity index (χ4v) is 3.21. The number of halogens is 1. The van der Waals surface area contributed by atoms with Gasteiger partial charge in [0, 0.05) is 3.57 Å². The van der Waals surface area contributed by atoms with Gasteiger partial charge in [-0.2, -0.15) is 0 Å². The van der Waals surface area contributed by atoms with Gasteiger partial charge in [0.15, 0.2) is 0 Å². The molecular formula is C14H14INO2S. The van der Waals surface area contributed by atoms with Gasteiger partial charge in [0.05, 0.1) is 10.6 Å². The number of hydrogen-bond donors (Lipinski definition) is 1. The lowest BCUT2D eigenvalue weighted by Crippen LogP contribution is -2.14. The van der Waals surface area contributed by atoms with Crippen LogP contribution < -0.4 is 4.72 Å². The Balaban J connectivity index is 2.34. The second-order valence-corrected chi connectivity index (χ2v) is 7.00. The summed E-state index contributed by atoms with van der Waals surface area (Å²) in [4.78, 5) is 0.277. The van der Waals surface area contributed by atoms with Crippen molar-refractivity contribution >= 4 is 38.3 Å². The minimum absolute atomic E-state index is 0.277. The third-order valence-corrected chi connectivity index (χ3v) is 4.87. The van der Waals surface area contributed by atoms with Crippen LogP contribution in [-0.2, 0) is 16.4 Å². The summed E-state index contributed by atoms with van der Waals surface area (Å²) < 4.78 is 28.2. The fraction of sp³-hybridized carbons (Fsp3) is 0.143. The Morgan fingerprint density at radius 1 is 1.05 bits per heavy atom. The number of aryl methyl sites for hydroxylation is 1. The molecule has 0 fully saturated rings. The summed E-state index contributed by atoms with van der Waals surface area (Å²) in [6.45, 7) is 2.00. The van der Waals surface area contributed by atoms with E-state index in [0.717, 1.165) is 15.6 Å². The maximum absolute atomic E-state index is 12.3. The van der Waals surface area contributed by atoms with Crippen LogP contribution in [0, 0.1) is 3.57 Å². The summed E-state index contributed by atoms with van der Waals surface area (Å²) in [7, 11) is -3.52. The van der Waals surface area contributed by atoms with Crippen LogP contribution in [0.1, 0.15) is 12.5 Å². The lowest BCUT2D eigenvalue weighted by Gasteiger charge is -2.11. The maximum Gasteiger partial charge on any atom is 0.261 e. The first kappa shape index (κ1) is 14.3. The van der Waals surface area contributed by atoms with Crippen molar-refractivity contribution in [1.82, 2.24) is 0 Å². The number of para-hydroxylation sites is 1. The van der Waals surface area contributed by atoms with Crippen molar-refractivity contribution in [1.29, 1.82) is 0 Å². The van der Waals surface area contributed by atoms with E-state index in [-0.39, 0.29) is 4.90 Å². The van der Waals surface area contributed by atoms with Crippen LogP contribution in [-0.4, -0.2) is 8.42 Å². The molecule has 0 radical (unpaired) electrons. The van der Waals surface area contributed by atoms with E-state index >= 15 is 0 Å². The third-order valence-electron chi connectivity index (χ3n) is 2.77. The van der Waals surface area contributed by atoms with Crippen molar-refractivity contribution in [3.63, 3.8) is 0 Å². The molecule has 2 rings (SSSR count). The van der Waals surface area contributed by atoms with E-state index in [1.807, 2.05) is 25.1 Å². The molecule has 2 aromatic carbocycles. The van der Waals surface area contributed by atoms with E-state index in [9.17, 15) is 8.42 Å². The molecule has 1 N–H and O–H groups in total. The molecule has 5 heteroatoms. The van der Waals surface area contributed by atoms with Crippen LogP contribution in [0.2, 0.25) is 0 Å². The number of nitrogens with one attached hydrogen (secondary N) is 1. The van der Waals surface area contributed by atoms with Crippen LogP contribution in [0.3, 0.4) is 0 Å². The molecule has 0 saturated carbocycles. The maximum atomic E-state index is 12.3. The summed E-state index contributed by atoms with van der Waals surface area (Å²) in [6, 6.07) is 14.2. The smallest absolute Gasteiger partial charge is 0.261 e. The van der Waals surface area contributed by atoms with Crippen molar-refractivity contribution in [2.75, 3.05) is 4.72 Å². The number of rotatable bonds is 4. The van der Waals surface area contributed by atoms with Gasteiger partial charge in [0.2, 0.25) is 0 Å². The van der Waals surface area contributed by atoms with Gasteiger partial charge < -0.3 is 0 Å². The first-order valence-corrected chi connectivity index (χ1v) is 8.45. The molecule has 0 aliphatic carbocycles. The van der Waals surface area contributed by atoms with Crippen molar-refractivity contribution in [2.24, 2.45) is 0 Å². The number of anilines is 1. The number of hydrogen-bond acceptors (Lipinski definition) is 2. The molecule has 100 valence electrons. The normalized spacial score (nSPS) is 11.3. The average molecular weight is 387 g/mol. The Labute approximate surface area is 127 Å². The quantitative estimate of drug-likeness (QED) is 0.815. The zero-order valence-electron chi connectivity index (χ0n) is 10.4. The van der Waals surface area contributed by atoms with Crippen molar-refractivity contribution in [3.05, 3.63) is 57.7 Å². The van der Waals surface area contributed by atoms with E-state index in [4.69, 9.17) is 0 Å². The highest BCUT2D eigenvalue weighted by Gasteiger charge is 2.15. The minimum atomic E-state index is -3.52. The average Bonchev–Trinajstić information content (AvgIpc) is 2.39. The van der Waals surface area contributed by atoms with Crippen LogP contribution in [0.15, 0.2) is 53.4 Å². The molecule has 0 aromatic heterocycles. The zero-order chi connectivity index (χ0) is 13.9. The largest absolute Gasteiger partial charge is 0.279 e. The molecule has 0 spiro atoms. The summed E-state index contributed by atoms with van der Waals surface area (Å²) in [6.07, 6.45) is 0.783. The summed E-state index contributed by atoms with van der Waals surface area (Å²) in [5.41, 5.74) is 1.63. The fourth-order valence-electron chi connectivity index (χ4n) is 1.75. The van der Waals surface area contributed by atoms with Crippen molar-refractivity contribution in [2.45, 2.75) is 18.2 Å². The molecule has 0 aliphatic rings. The van der Waals surface area contributed by atoms with Crippen LogP contribution >= 0.6 is 22.6 Å². The lowest BCUT2D eigenvalue weighted by atomic mass is 10.1. The predicted molar refractivity (Wildman–Crippen MR) is 85.8 cm³/mol. The monoisotopic (exact) mass is 387 g/mol. The Morgan fingerprint density at radius 2 is 1.68 bits per heavy atom. The predicted octanol–water partition coefficient (Wildman–Crippen LogP) is 3.65. The Bertz CT molecular complexity index is 666. The van der Waals surface area contributed by atoms with Crippen LogP contribution in [0.5, 0.6) is 0 Å². The highest BCUT2D eigenvalue weighted by molar-refractivity contribution is 14.1.